The maximum absolute atomic E-state index is 5.72. The summed E-state index contributed by atoms with van der Waals surface area (Å²) in [6.07, 6.45) is 4.40. The molecule has 3 aromatic heterocycles. The van der Waals surface area contributed by atoms with Gasteiger partial charge in [-0.1, -0.05) is 58.9 Å². The Labute approximate surface area is 194 Å². The molecule has 0 aliphatic rings. The lowest BCUT2D eigenvalue weighted by Gasteiger charge is -2.22. The smallest absolute Gasteiger partial charge is 0.152 e. The number of aromatic nitrogens is 3. The van der Waals surface area contributed by atoms with Crippen LogP contribution in [0.5, 0.6) is 0 Å². The second kappa shape index (κ2) is 8.11. The van der Waals surface area contributed by atoms with Gasteiger partial charge in [-0.25, -0.2) is 15.0 Å². The summed E-state index contributed by atoms with van der Waals surface area (Å²) < 4.78 is 5.72. The van der Waals surface area contributed by atoms with Crippen molar-refractivity contribution in [2.24, 2.45) is 5.92 Å². The molecule has 0 aliphatic carbocycles. The van der Waals surface area contributed by atoms with Crippen molar-refractivity contribution in [3.8, 4) is 22.6 Å². The zero-order valence-corrected chi connectivity index (χ0v) is 19.9. The molecule has 0 atom stereocenters. The zero-order chi connectivity index (χ0) is 23.2. The van der Waals surface area contributed by atoms with Gasteiger partial charge in [-0.05, 0) is 64.4 Å². The lowest BCUT2D eigenvalue weighted by atomic mass is 9.82. The van der Waals surface area contributed by atoms with Crippen LogP contribution >= 0.6 is 0 Å². The van der Waals surface area contributed by atoms with Crippen LogP contribution in [-0.4, -0.2) is 15.0 Å². The lowest BCUT2D eigenvalue weighted by molar-refractivity contribution is 0.594. The molecule has 0 N–H and O–H groups in total. The summed E-state index contributed by atoms with van der Waals surface area (Å²) in [7, 11) is 0. The molecule has 33 heavy (non-hydrogen) atoms. The molecular formula is C29H29N3O. The van der Waals surface area contributed by atoms with Crippen LogP contribution in [-0.2, 0) is 11.8 Å². The molecule has 0 radical (unpaired) electrons. The van der Waals surface area contributed by atoms with Gasteiger partial charge in [0.2, 0.25) is 0 Å². The summed E-state index contributed by atoms with van der Waals surface area (Å²) in [5.41, 5.74) is 7.83. The number of hydrogen-bond acceptors (Lipinski definition) is 4. The highest BCUT2D eigenvalue weighted by Gasteiger charge is 2.19. The predicted molar refractivity (Wildman–Crippen MR) is 135 cm³/mol. The number of hydrogen-bond donors (Lipinski definition) is 0. The van der Waals surface area contributed by atoms with Gasteiger partial charge in [-0.3, -0.25) is 0 Å². The van der Waals surface area contributed by atoms with Crippen LogP contribution in [0, 0.1) is 5.92 Å². The Balaban J connectivity index is 1.61. The number of furan rings is 1. The summed E-state index contributed by atoms with van der Waals surface area (Å²) in [5.74, 6) is 0.534. The molecule has 0 spiro atoms. The highest BCUT2D eigenvalue weighted by Crippen LogP contribution is 2.35. The van der Waals surface area contributed by atoms with E-state index in [0.29, 0.717) is 5.92 Å². The van der Waals surface area contributed by atoms with Crippen molar-refractivity contribution in [3.05, 3.63) is 78.3 Å². The van der Waals surface area contributed by atoms with Crippen molar-refractivity contribution in [1.29, 1.82) is 0 Å². The first-order valence-electron chi connectivity index (χ1n) is 11.5. The third kappa shape index (κ3) is 4.13. The van der Waals surface area contributed by atoms with E-state index in [4.69, 9.17) is 9.40 Å². The summed E-state index contributed by atoms with van der Waals surface area (Å²) in [5, 5.41) is 2.50. The second-order valence-corrected chi connectivity index (χ2v) is 10.2. The van der Waals surface area contributed by atoms with E-state index in [1.165, 1.54) is 16.3 Å². The molecular weight excluding hydrogens is 406 g/mol. The molecule has 0 fully saturated rings. The van der Waals surface area contributed by atoms with Crippen LogP contribution in [0.3, 0.4) is 0 Å². The highest BCUT2D eigenvalue weighted by molar-refractivity contribution is 5.91. The molecule has 0 unspecified atom stereocenters. The molecule has 4 nitrogen and oxygen atoms in total. The number of fused-ring (bicyclic) bond motifs is 2. The van der Waals surface area contributed by atoms with Gasteiger partial charge in [0.05, 0.1) is 23.3 Å². The van der Waals surface area contributed by atoms with Crippen LogP contribution in [0.15, 0.2) is 71.6 Å². The zero-order valence-electron chi connectivity index (χ0n) is 19.9. The van der Waals surface area contributed by atoms with Crippen molar-refractivity contribution < 1.29 is 4.42 Å². The molecule has 5 rings (SSSR count). The maximum atomic E-state index is 5.72. The molecule has 0 saturated heterocycles. The quantitative estimate of drug-likeness (QED) is 0.292. The van der Waals surface area contributed by atoms with Crippen molar-refractivity contribution in [2.45, 2.75) is 46.5 Å². The van der Waals surface area contributed by atoms with Crippen LogP contribution in [0.1, 0.15) is 45.7 Å². The van der Waals surface area contributed by atoms with E-state index in [-0.39, 0.29) is 5.41 Å². The standard InChI is InChI=1S/C29H29N3O/c1-18(2)12-21-16-33-27-11-10-24(32-28(21)27)26-15-25(30-17-31-26)20-13-19-8-6-7-9-22(19)23(14-20)29(3,4)5/h6-11,13-18H,12H2,1-5H3. The van der Waals surface area contributed by atoms with E-state index in [0.717, 1.165) is 45.7 Å². The first-order chi connectivity index (χ1) is 15.8. The Kier molecular flexibility index (Phi) is 5.24. The molecule has 4 heteroatoms. The predicted octanol–water partition coefficient (Wildman–Crippen LogP) is 7.60. The topological polar surface area (TPSA) is 51.8 Å². The van der Waals surface area contributed by atoms with Gasteiger partial charge >= 0.3 is 0 Å². The Morgan fingerprint density at radius 2 is 1.67 bits per heavy atom. The molecule has 2 aromatic carbocycles. The molecule has 3 heterocycles. The number of benzene rings is 2. The lowest BCUT2D eigenvalue weighted by Crippen LogP contribution is -2.12. The number of pyridine rings is 1. The van der Waals surface area contributed by atoms with E-state index < -0.39 is 0 Å². The van der Waals surface area contributed by atoms with Crippen LogP contribution in [0.2, 0.25) is 0 Å². The Bertz CT molecular complexity index is 1460. The van der Waals surface area contributed by atoms with Crippen LogP contribution in [0.25, 0.3) is 44.5 Å². The average Bonchev–Trinajstić information content (AvgIpc) is 3.19. The van der Waals surface area contributed by atoms with Crippen LogP contribution < -0.4 is 0 Å². The molecule has 0 bridgehead atoms. The minimum Gasteiger partial charge on any atom is -0.462 e. The Hall–Kier alpha value is -3.53. The Morgan fingerprint density at radius 3 is 2.45 bits per heavy atom. The van der Waals surface area contributed by atoms with E-state index in [1.54, 1.807) is 6.33 Å². The highest BCUT2D eigenvalue weighted by atomic mass is 16.3. The van der Waals surface area contributed by atoms with E-state index in [9.17, 15) is 0 Å². The van der Waals surface area contributed by atoms with Gasteiger partial charge in [0.25, 0.3) is 0 Å². The monoisotopic (exact) mass is 435 g/mol. The van der Waals surface area contributed by atoms with Crippen molar-refractivity contribution in [1.82, 2.24) is 15.0 Å². The van der Waals surface area contributed by atoms with Gasteiger partial charge in [0.1, 0.15) is 11.8 Å². The fourth-order valence-electron chi connectivity index (χ4n) is 4.42. The molecule has 5 aromatic rings. The van der Waals surface area contributed by atoms with E-state index >= 15 is 0 Å². The number of rotatable bonds is 4. The minimum absolute atomic E-state index is 0.0200. The van der Waals surface area contributed by atoms with E-state index in [1.807, 2.05) is 24.5 Å². The fourth-order valence-corrected chi connectivity index (χ4v) is 4.42. The van der Waals surface area contributed by atoms with Gasteiger partial charge in [0, 0.05) is 11.1 Å². The fraction of sp³-hybridized carbons (Fsp3) is 0.276. The maximum Gasteiger partial charge on any atom is 0.152 e. The van der Waals surface area contributed by atoms with Crippen molar-refractivity contribution in [2.75, 3.05) is 0 Å². The molecule has 0 saturated carbocycles. The normalized spacial score (nSPS) is 12.2. The summed E-state index contributed by atoms with van der Waals surface area (Å²) in [6, 6.07) is 19.0. The largest absolute Gasteiger partial charge is 0.462 e. The van der Waals surface area contributed by atoms with Crippen molar-refractivity contribution >= 4 is 21.9 Å². The summed E-state index contributed by atoms with van der Waals surface area (Å²) in [4.78, 5) is 14.1. The van der Waals surface area contributed by atoms with Gasteiger partial charge in [-0.2, -0.15) is 0 Å². The van der Waals surface area contributed by atoms with Crippen LogP contribution in [0.4, 0.5) is 0 Å². The SMILES string of the molecule is CC(C)Cc1coc2ccc(-c3cc(-c4cc(C(C)(C)C)c5ccccc5c4)ncn3)nc12. The average molecular weight is 436 g/mol. The van der Waals surface area contributed by atoms with Crippen molar-refractivity contribution in [3.63, 3.8) is 0 Å². The van der Waals surface area contributed by atoms with Gasteiger partial charge in [-0.15, -0.1) is 0 Å². The molecule has 0 amide bonds. The third-order valence-electron chi connectivity index (χ3n) is 6.01. The Morgan fingerprint density at radius 1 is 0.879 bits per heavy atom. The van der Waals surface area contributed by atoms with Gasteiger partial charge < -0.3 is 4.42 Å². The molecule has 0 aliphatic heterocycles. The first kappa shape index (κ1) is 21.3. The summed E-state index contributed by atoms with van der Waals surface area (Å²) in [6.45, 7) is 11.2. The number of nitrogens with zero attached hydrogens (tertiary/aromatic N) is 3. The third-order valence-corrected chi connectivity index (χ3v) is 6.01. The first-order valence-corrected chi connectivity index (χ1v) is 11.5. The van der Waals surface area contributed by atoms with E-state index in [2.05, 4.69) is 81.0 Å². The van der Waals surface area contributed by atoms with Gasteiger partial charge in [0.15, 0.2) is 5.58 Å². The second-order valence-electron chi connectivity index (χ2n) is 10.2. The minimum atomic E-state index is 0.0200. The summed E-state index contributed by atoms with van der Waals surface area (Å²) >= 11 is 0. The molecule has 166 valence electrons.